The Balaban J connectivity index is 2.94. The standard InChI is InChI=1S/C13H17BrN2O2/c1-7(2)11(12(15)17)16-13(18)9-5-4-6-10(14)8(9)3/h4-7,11H,1-3H3,(H2,15,17)(H,16,18)/t11-/m1/s1. The smallest absolute Gasteiger partial charge is 0.252 e. The van der Waals surface area contributed by atoms with E-state index >= 15 is 0 Å². The zero-order valence-electron chi connectivity index (χ0n) is 10.7. The van der Waals surface area contributed by atoms with Crippen LogP contribution < -0.4 is 11.1 Å². The van der Waals surface area contributed by atoms with Crippen LogP contribution in [-0.4, -0.2) is 17.9 Å². The van der Waals surface area contributed by atoms with Gasteiger partial charge in [-0.1, -0.05) is 35.8 Å². The van der Waals surface area contributed by atoms with Crippen molar-refractivity contribution in [2.75, 3.05) is 0 Å². The summed E-state index contributed by atoms with van der Waals surface area (Å²) in [6.45, 7) is 5.51. The van der Waals surface area contributed by atoms with E-state index in [9.17, 15) is 9.59 Å². The Hall–Kier alpha value is -1.36. The number of carbonyl (C=O) groups is 2. The van der Waals surface area contributed by atoms with Crippen LogP contribution in [0.25, 0.3) is 0 Å². The fraction of sp³-hybridized carbons (Fsp3) is 0.385. The first-order chi connectivity index (χ1) is 8.34. The van der Waals surface area contributed by atoms with E-state index < -0.39 is 11.9 Å². The summed E-state index contributed by atoms with van der Waals surface area (Å²) in [5, 5.41) is 2.67. The number of halogens is 1. The number of benzene rings is 1. The van der Waals surface area contributed by atoms with Crippen molar-refractivity contribution in [2.24, 2.45) is 11.7 Å². The molecule has 2 amide bonds. The summed E-state index contributed by atoms with van der Waals surface area (Å²) < 4.78 is 0.857. The van der Waals surface area contributed by atoms with E-state index in [1.807, 2.05) is 26.8 Å². The van der Waals surface area contributed by atoms with Crippen molar-refractivity contribution in [2.45, 2.75) is 26.8 Å². The fourth-order valence-electron chi connectivity index (χ4n) is 1.64. The molecule has 0 aliphatic rings. The Kier molecular flexibility index (Phi) is 4.90. The second-order valence-corrected chi connectivity index (χ2v) is 5.36. The van der Waals surface area contributed by atoms with Crippen LogP contribution >= 0.6 is 15.9 Å². The summed E-state index contributed by atoms with van der Waals surface area (Å²) in [6, 6.07) is 4.70. The highest BCUT2D eigenvalue weighted by Crippen LogP contribution is 2.19. The lowest BCUT2D eigenvalue weighted by Gasteiger charge is -2.19. The van der Waals surface area contributed by atoms with E-state index in [4.69, 9.17) is 5.73 Å². The van der Waals surface area contributed by atoms with E-state index in [1.54, 1.807) is 12.1 Å². The second kappa shape index (κ2) is 6.00. The van der Waals surface area contributed by atoms with Gasteiger partial charge in [-0.05, 0) is 30.5 Å². The summed E-state index contributed by atoms with van der Waals surface area (Å²) in [7, 11) is 0. The van der Waals surface area contributed by atoms with Gasteiger partial charge in [-0.2, -0.15) is 0 Å². The molecule has 0 aliphatic heterocycles. The first-order valence-electron chi connectivity index (χ1n) is 5.70. The number of nitrogens with two attached hydrogens (primary N) is 1. The van der Waals surface area contributed by atoms with Gasteiger partial charge in [0, 0.05) is 10.0 Å². The summed E-state index contributed by atoms with van der Waals surface area (Å²) in [5.74, 6) is -0.851. The molecule has 98 valence electrons. The molecule has 1 atom stereocenters. The van der Waals surface area contributed by atoms with Crippen LogP contribution in [0.2, 0.25) is 0 Å². The van der Waals surface area contributed by atoms with Crippen molar-refractivity contribution < 1.29 is 9.59 Å². The number of hydrogen-bond donors (Lipinski definition) is 2. The molecule has 0 radical (unpaired) electrons. The minimum Gasteiger partial charge on any atom is -0.368 e. The van der Waals surface area contributed by atoms with Crippen LogP contribution in [0.15, 0.2) is 22.7 Å². The van der Waals surface area contributed by atoms with Gasteiger partial charge in [-0.3, -0.25) is 9.59 Å². The number of hydrogen-bond acceptors (Lipinski definition) is 2. The van der Waals surface area contributed by atoms with Crippen LogP contribution in [0.3, 0.4) is 0 Å². The molecular formula is C13H17BrN2O2. The molecule has 1 aromatic rings. The van der Waals surface area contributed by atoms with Gasteiger partial charge in [0.15, 0.2) is 0 Å². The molecule has 0 bridgehead atoms. The Labute approximate surface area is 115 Å². The second-order valence-electron chi connectivity index (χ2n) is 4.51. The average molecular weight is 313 g/mol. The number of nitrogens with one attached hydrogen (secondary N) is 1. The monoisotopic (exact) mass is 312 g/mol. The largest absolute Gasteiger partial charge is 0.368 e. The molecule has 3 N–H and O–H groups in total. The van der Waals surface area contributed by atoms with E-state index in [0.29, 0.717) is 5.56 Å². The van der Waals surface area contributed by atoms with Gasteiger partial charge in [-0.15, -0.1) is 0 Å². The highest BCUT2D eigenvalue weighted by molar-refractivity contribution is 9.10. The SMILES string of the molecule is Cc1c(Br)cccc1C(=O)N[C@@H](C(N)=O)C(C)C. The number of rotatable bonds is 4. The Morgan fingerprint density at radius 1 is 1.33 bits per heavy atom. The van der Waals surface area contributed by atoms with Crippen LogP contribution in [0, 0.1) is 12.8 Å². The van der Waals surface area contributed by atoms with E-state index in [1.165, 1.54) is 0 Å². The van der Waals surface area contributed by atoms with Crippen LogP contribution in [0.1, 0.15) is 29.8 Å². The Morgan fingerprint density at radius 2 is 1.94 bits per heavy atom. The fourth-order valence-corrected chi connectivity index (χ4v) is 2.00. The van der Waals surface area contributed by atoms with E-state index in [0.717, 1.165) is 10.0 Å². The minimum atomic E-state index is -0.657. The maximum atomic E-state index is 12.1. The molecular weight excluding hydrogens is 296 g/mol. The van der Waals surface area contributed by atoms with Crippen molar-refractivity contribution in [1.82, 2.24) is 5.32 Å². The predicted molar refractivity (Wildman–Crippen MR) is 74.2 cm³/mol. The number of amides is 2. The van der Waals surface area contributed by atoms with Crippen molar-refractivity contribution >= 4 is 27.7 Å². The van der Waals surface area contributed by atoms with Gasteiger partial charge in [0.05, 0.1) is 0 Å². The number of carbonyl (C=O) groups excluding carboxylic acids is 2. The van der Waals surface area contributed by atoms with Crippen molar-refractivity contribution in [3.8, 4) is 0 Å². The molecule has 0 unspecified atom stereocenters. The minimum absolute atomic E-state index is 0.0427. The van der Waals surface area contributed by atoms with Crippen LogP contribution in [0.5, 0.6) is 0 Å². The predicted octanol–water partition coefficient (Wildman–Crippen LogP) is 2.00. The number of primary amides is 1. The van der Waals surface area contributed by atoms with Gasteiger partial charge >= 0.3 is 0 Å². The summed E-state index contributed by atoms with van der Waals surface area (Å²) in [4.78, 5) is 23.4. The molecule has 0 fully saturated rings. The highest BCUT2D eigenvalue weighted by atomic mass is 79.9. The normalized spacial score (nSPS) is 12.3. The Bertz CT molecular complexity index is 472. The van der Waals surface area contributed by atoms with Crippen molar-refractivity contribution in [3.05, 3.63) is 33.8 Å². The molecule has 4 nitrogen and oxygen atoms in total. The molecule has 18 heavy (non-hydrogen) atoms. The highest BCUT2D eigenvalue weighted by Gasteiger charge is 2.23. The zero-order chi connectivity index (χ0) is 13.9. The molecule has 1 rings (SSSR count). The average Bonchev–Trinajstić information content (AvgIpc) is 2.28. The third-order valence-electron chi connectivity index (χ3n) is 2.77. The van der Waals surface area contributed by atoms with Gasteiger partial charge in [0.1, 0.15) is 6.04 Å². The summed E-state index contributed by atoms with van der Waals surface area (Å²) >= 11 is 3.37. The molecule has 0 saturated carbocycles. The maximum absolute atomic E-state index is 12.1. The molecule has 0 aliphatic carbocycles. The van der Waals surface area contributed by atoms with Crippen molar-refractivity contribution in [1.29, 1.82) is 0 Å². The molecule has 0 heterocycles. The zero-order valence-corrected chi connectivity index (χ0v) is 12.2. The van der Waals surface area contributed by atoms with Crippen LogP contribution in [-0.2, 0) is 4.79 Å². The molecule has 5 heteroatoms. The third kappa shape index (κ3) is 3.32. The topological polar surface area (TPSA) is 72.2 Å². The lowest BCUT2D eigenvalue weighted by Crippen LogP contribution is -2.47. The lowest BCUT2D eigenvalue weighted by atomic mass is 10.0. The Morgan fingerprint density at radius 3 is 2.44 bits per heavy atom. The van der Waals surface area contributed by atoms with E-state index in [2.05, 4.69) is 21.2 Å². The van der Waals surface area contributed by atoms with Gasteiger partial charge in [0.2, 0.25) is 5.91 Å². The maximum Gasteiger partial charge on any atom is 0.252 e. The van der Waals surface area contributed by atoms with E-state index in [-0.39, 0.29) is 11.8 Å². The van der Waals surface area contributed by atoms with Crippen LogP contribution in [0.4, 0.5) is 0 Å². The van der Waals surface area contributed by atoms with Gasteiger partial charge in [-0.25, -0.2) is 0 Å². The first-order valence-corrected chi connectivity index (χ1v) is 6.49. The summed E-state index contributed by atoms with van der Waals surface area (Å²) in [5.41, 5.74) is 6.64. The molecule has 1 aromatic carbocycles. The molecule has 0 aromatic heterocycles. The molecule has 0 spiro atoms. The quantitative estimate of drug-likeness (QED) is 0.892. The molecule has 0 saturated heterocycles. The first kappa shape index (κ1) is 14.7. The third-order valence-corrected chi connectivity index (χ3v) is 3.63. The van der Waals surface area contributed by atoms with Gasteiger partial charge < -0.3 is 11.1 Å². The summed E-state index contributed by atoms with van der Waals surface area (Å²) in [6.07, 6.45) is 0. The van der Waals surface area contributed by atoms with Gasteiger partial charge in [0.25, 0.3) is 5.91 Å². The van der Waals surface area contributed by atoms with Crippen molar-refractivity contribution in [3.63, 3.8) is 0 Å². The lowest BCUT2D eigenvalue weighted by molar-refractivity contribution is -0.120.